The lowest BCUT2D eigenvalue weighted by Gasteiger charge is -2.42. The minimum absolute atomic E-state index is 0.0153. The summed E-state index contributed by atoms with van der Waals surface area (Å²) >= 11 is 0. The van der Waals surface area contributed by atoms with Crippen LogP contribution in [0.1, 0.15) is 57.8 Å². The molecule has 3 N–H and O–H groups in total. The Labute approximate surface area is 227 Å². The summed E-state index contributed by atoms with van der Waals surface area (Å²) in [6, 6.07) is 6.69. The minimum Gasteiger partial charge on any atom is -0.494 e. The Morgan fingerprint density at radius 3 is 2.62 bits per heavy atom. The predicted molar refractivity (Wildman–Crippen MR) is 149 cm³/mol. The lowest BCUT2D eigenvalue weighted by Crippen LogP contribution is -2.51. The summed E-state index contributed by atoms with van der Waals surface area (Å²) in [5, 5.41) is 6.94. The molecular formula is C28H38F2N8O. The highest BCUT2D eigenvalue weighted by molar-refractivity contribution is 5.84. The van der Waals surface area contributed by atoms with Crippen LogP contribution in [0.3, 0.4) is 0 Å². The Kier molecular flexibility index (Phi) is 7.42. The van der Waals surface area contributed by atoms with Crippen molar-refractivity contribution in [3.63, 3.8) is 0 Å². The summed E-state index contributed by atoms with van der Waals surface area (Å²) in [4.78, 5) is 21.2. The number of aromatic nitrogens is 4. The number of fused-ring (bicyclic) bond motifs is 1. The van der Waals surface area contributed by atoms with Crippen LogP contribution in [-0.2, 0) is 0 Å². The Morgan fingerprint density at radius 1 is 1.03 bits per heavy atom. The number of anilines is 4. The molecule has 2 aromatic heterocycles. The van der Waals surface area contributed by atoms with Crippen LogP contribution >= 0.6 is 0 Å². The standard InChI is InChI=1S/C28H38F2N8O/c1-39-23-16-21(37-14-10-20(11-15-37)38-13-5-12-28(29,30)17-38)8-9-22(23)34-27-35-25-24(31-18-32-25)26(36-27)33-19-6-3-2-4-7-19/h8-9,16,18-20H,2-7,10-15,17H2,1H3,(H3,31,32,33,34,35,36). The third kappa shape index (κ3) is 5.88. The maximum absolute atomic E-state index is 13.9. The van der Waals surface area contributed by atoms with Crippen LogP contribution in [-0.4, -0.2) is 76.1 Å². The molecule has 6 rings (SSSR count). The van der Waals surface area contributed by atoms with E-state index in [1.165, 1.54) is 19.3 Å². The van der Waals surface area contributed by atoms with Gasteiger partial charge in [0.25, 0.3) is 5.92 Å². The summed E-state index contributed by atoms with van der Waals surface area (Å²) < 4.78 is 33.6. The highest BCUT2D eigenvalue weighted by atomic mass is 19.3. The van der Waals surface area contributed by atoms with E-state index in [0.29, 0.717) is 29.8 Å². The van der Waals surface area contributed by atoms with Crippen molar-refractivity contribution >= 4 is 34.3 Å². The van der Waals surface area contributed by atoms with Crippen LogP contribution in [0.5, 0.6) is 5.75 Å². The van der Waals surface area contributed by atoms with Gasteiger partial charge in [0.1, 0.15) is 11.3 Å². The molecule has 0 bridgehead atoms. The topological polar surface area (TPSA) is 94.2 Å². The Morgan fingerprint density at radius 2 is 1.85 bits per heavy atom. The van der Waals surface area contributed by atoms with Gasteiger partial charge in [0.2, 0.25) is 5.95 Å². The largest absolute Gasteiger partial charge is 0.494 e. The zero-order chi connectivity index (χ0) is 26.8. The van der Waals surface area contributed by atoms with Gasteiger partial charge in [-0.05, 0) is 50.8 Å². The molecule has 0 spiro atoms. The van der Waals surface area contributed by atoms with E-state index in [0.717, 1.165) is 68.0 Å². The van der Waals surface area contributed by atoms with Gasteiger partial charge in [-0.2, -0.15) is 9.97 Å². The maximum atomic E-state index is 13.9. The van der Waals surface area contributed by atoms with E-state index in [9.17, 15) is 8.78 Å². The van der Waals surface area contributed by atoms with Gasteiger partial charge < -0.3 is 25.3 Å². The van der Waals surface area contributed by atoms with E-state index in [1.807, 2.05) is 17.0 Å². The molecule has 0 radical (unpaired) electrons. The number of methoxy groups -OCH3 is 1. The first-order chi connectivity index (χ1) is 19.0. The van der Waals surface area contributed by atoms with Gasteiger partial charge in [-0.15, -0.1) is 0 Å². The predicted octanol–water partition coefficient (Wildman–Crippen LogP) is 5.55. The molecule has 3 aromatic rings. The maximum Gasteiger partial charge on any atom is 0.260 e. The summed E-state index contributed by atoms with van der Waals surface area (Å²) in [6.45, 7) is 2.34. The number of hydrogen-bond donors (Lipinski definition) is 3. The van der Waals surface area contributed by atoms with Gasteiger partial charge >= 0.3 is 0 Å². The first-order valence-corrected chi connectivity index (χ1v) is 14.3. The third-order valence-corrected chi connectivity index (χ3v) is 8.43. The number of hydrogen-bond acceptors (Lipinski definition) is 8. The summed E-state index contributed by atoms with van der Waals surface area (Å²) in [5.41, 5.74) is 3.24. The van der Waals surface area contributed by atoms with Gasteiger partial charge in [-0.25, -0.2) is 13.8 Å². The SMILES string of the molecule is COc1cc(N2CCC(N3CCCC(F)(F)C3)CC2)ccc1Nc1nc(NC2CCCCC2)c2[nH]cnc2n1. The van der Waals surface area contributed by atoms with E-state index in [-0.39, 0.29) is 19.0 Å². The number of benzene rings is 1. The molecule has 2 saturated heterocycles. The Hall–Kier alpha value is -3.21. The molecule has 0 unspecified atom stereocenters. The highest BCUT2D eigenvalue weighted by Crippen LogP contribution is 2.35. The van der Waals surface area contributed by atoms with Crippen LogP contribution in [0, 0.1) is 0 Å². The van der Waals surface area contributed by atoms with Crippen LogP contribution in [0.15, 0.2) is 24.5 Å². The van der Waals surface area contributed by atoms with Crippen LogP contribution in [0.25, 0.3) is 11.2 Å². The molecule has 1 aliphatic carbocycles. The van der Waals surface area contributed by atoms with Gasteiger partial charge in [-0.3, -0.25) is 4.90 Å². The molecular weight excluding hydrogens is 502 g/mol. The molecule has 4 heterocycles. The Bertz CT molecular complexity index is 1270. The van der Waals surface area contributed by atoms with Crippen molar-refractivity contribution in [1.82, 2.24) is 24.8 Å². The van der Waals surface area contributed by atoms with Crippen molar-refractivity contribution in [3.05, 3.63) is 24.5 Å². The van der Waals surface area contributed by atoms with Crippen molar-refractivity contribution in [3.8, 4) is 5.75 Å². The first-order valence-electron chi connectivity index (χ1n) is 14.3. The quantitative estimate of drug-likeness (QED) is 0.359. The number of likely N-dealkylation sites (tertiary alicyclic amines) is 1. The first kappa shape index (κ1) is 26.0. The highest BCUT2D eigenvalue weighted by Gasteiger charge is 2.38. The van der Waals surface area contributed by atoms with E-state index in [2.05, 4.69) is 36.6 Å². The van der Waals surface area contributed by atoms with E-state index >= 15 is 0 Å². The summed E-state index contributed by atoms with van der Waals surface area (Å²) in [6.07, 6.45) is 10.0. The van der Waals surface area contributed by atoms with E-state index < -0.39 is 5.92 Å². The monoisotopic (exact) mass is 540 g/mol. The van der Waals surface area contributed by atoms with Gasteiger partial charge in [-0.1, -0.05) is 19.3 Å². The number of alkyl halides is 2. The fourth-order valence-electron chi connectivity index (χ4n) is 6.33. The summed E-state index contributed by atoms with van der Waals surface area (Å²) in [5.74, 6) is -0.642. The van der Waals surface area contributed by atoms with Gasteiger partial charge in [0.15, 0.2) is 11.5 Å². The molecule has 1 saturated carbocycles. The molecule has 0 atom stereocenters. The van der Waals surface area contributed by atoms with Crippen molar-refractivity contribution in [2.24, 2.45) is 0 Å². The molecule has 0 amide bonds. The molecule has 9 nitrogen and oxygen atoms in total. The normalized spacial score (nSPS) is 21.3. The molecule has 2 aliphatic heterocycles. The number of H-pyrrole nitrogens is 1. The number of aromatic amines is 1. The molecule has 3 fully saturated rings. The Balaban J connectivity index is 1.14. The minimum atomic E-state index is -2.55. The number of piperidine rings is 2. The number of imidazole rings is 1. The van der Waals surface area contributed by atoms with Gasteiger partial charge in [0.05, 0.1) is 25.7 Å². The van der Waals surface area contributed by atoms with Crippen LogP contribution in [0.2, 0.25) is 0 Å². The van der Waals surface area contributed by atoms with Crippen molar-refractivity contribution in [2.45, 2.75) is 75.8 Å². The number of halogens is 2. The second kappa shape index (κ2) is 11.1. The number of ether oxygens (including phenoxy) is 1. The summed E-state index contributed by atoms with van der Waals surface area (Å²) in [7, 11) is 1.65. The molecule has 3 aliphatic rings. The smallest absolute Gasteiger partial charge is 0.260 e. The van der Waals surface area contributed by atoms with Crippen molar-refractivity contribution in [1.29, 1.82) is 0 Å². The average molecular weight is 541 g/mol. The lowest BCUT2D eigenvalue weighted by atomic mass is 9.95. The van der Waals surface area contributed by atoms with Crippen LogP contribution < -0.4 is 20.3 Å². The second-order valence-corrected chi connectivity index (χ2v) is 11.1. The molecule has 11 heteroatoms. The fourth-order valence-corrected chi connectivity index (χ4v) is 6.33. The van der Waals surface area contributed by atoms with Crippen molar-refractivity contribution < 1.29 is 13.5 Å². The van der Waals surface area contributed by atoms with Crippen molar-refractivity contribution in [2.75, 3.05) is 48.8 Å². The average Bonchev–Trinajstić information content (AvgIpc) is 3.43. The molecule has 39 heavy (non-hydrogen) atoms. The number of nitrogens with one attached hydrogen (secondary N) is 3. The van der Waals surface area contributed by atoms with Gasteiger partial charge in [0, 0.05) is 43.3 Å². The number of nitrogens with zero attached hydrogens (tertiary/aromatic N) is 5. The zero-order valence-electron chi connectivity index (χ0n) is 22.6. The van der Waals surface area contributed by atoms with E-state index in [1.54, 1.807) is 13.4 Å². The van der Waals surface area contributed by atoms with E-state index in [4.69, 9.17) is 9.72 Å². The molecule has 210 valence electrons. The fraction of sp³-hybridized carbons (Fsp3) is 0.607. The third-order valence-electron chi connectivity index (χ3n) is 8.43. The lowest BCUT2D eigenvalue weighted by molar-refractivity contribution is -0.0771. The second-order valence-electron chi connectivity index (χ2n) is 11.1. The molecule has 1 aromatic carbocycles. The zero-order valence-corrected chi connectivity index (χ0v) is 22.6. The van der Waals surface area contributed by atoms with Crippen LogP contribution in [0.4, 0.5) is 31.9 Å². The number of rotatable bonds is 7.